The number of ether oxygens (including phenoxy) is 5. The molecule has 3 amide bonds. The zero-order chi connectivity index (χ0) is 40.0. The number of benzene rings is 1. The first kappa shape index (κ1) is 43.6. The first-order valence-electron chi connectivity index (χ1n) is 19.0. The second-order valence-electron chi connectivity index (χ2n) is 14.8. The van der Waals surface area contributed by atoms with Crippen molar-refractivity contribution in [3.63, 3.8) is 0 Å². The van der Waals surface area contributed by atoms with Crippen LogP contribution in [0.5, 0.6) is 5.75 Å². The van der Waals surface area contributed by atoms with Gasteiger partial charge in [-0.1, -0.05) is 31.4 Å². The molecular weight excluding hydrogens is 733 g/mol. The smallest absolute Gasteiger partial charge is 0.410 e. The molecule has 304 valence electrons. The van der Waals surface area contributed by atoms with Crippen LogP contribution in [0.3, 0.4) is 0 Å². The summed E-state index contributed by atoms with van der Waals surface area (Å²) in [6.45, 7) is 8.74. The number of carboxylic acid groups (broad SMARTS) is 1. The first-order valence-corrected chi connectivity index (χ1v) is 19.9. The van der Waals surface area contributed by atoms with Gasteiger partial charge in [-0.15, -0.1) is 11.3 Å². The van der Waals surface area contributed by atoms with Crippen LogP contribution in [-0.2, 0) is 33.3 Å². The van der Waals surface area contributed by atoms with Gasteiger partial charge in [-0.05, 0) is 71.4 Å². The Bertz CT molecular complexity index is 1590. The van der Waals surface area contributed by atoms with Crippen LogP contribution in [-0.4, -0.2) is 127 Å². The monoisotopic (exact) mass is 788 g/mol. The van der Waals surface area contributed by atoms with Gasteiger partial charge >= 0.3 is 12.1 Å². The molecule has 0 unspecified atom stereocenters. The lowest BCUT2D eigenvalue weighted by molar-refractivity contribution is -0.142. The van der Waals surface area contributed by atoms with Crippen LogP contribution in [0.15, 0.2) is 29.6 Å². The number of likely N-dealkylation sites (tertiary alicyclic amines) is 1. The largest absolute Gasteiger partial charge is 0.491 e. The highest BCUT2D eigenvalue weighted by Gasteiger charge is 2.41. The molecule has 2 heterocycles. The van der Waals surface area contributed by atoms with Crippen molar-refractivity contribution in [2.24, 2.45) is 5.92 Å². The molecule has 15 nitrogen and oxygen atoms in total. The predicted molar refractivity (Wildman–Crippen MR) is 203 cm³/mol. The summed E-state index contributed by atoms with van der Waals surface area (Å²) in [6.07, 6.45) is 5.52. The van der Waals surface area contributed by atoms with Crippen molar-refractivity contribution in [1.29, 1.82) is 0 Å². The van der Waals surface area contributed by atoms with Crippen LogP contribution < -0.4 is 10.1 Å². The Hall–Kier alpha value is -4.12. The summed E-state index contributed by atoms with van der Waals surface area (Å²) in [5, 5.41) is 14.0. The molecule has 1 aliphatic carbocycles. The predicted octanol–water partition coefficient (Wildman–Crippen LogP) is 4.87. The van der Waals surface area contributed by atoms with E-state index in [2.05, 4.69) is 5.32 Å². The molecular formula is C39H56N4O11S. The van der Waals surface area contributed by atoms with E-state index in [0.29, 0.717) is 49.1 Å². The van der Waals surface area contributed by atoms with Crippen molar-refractivity contribution in [1.82, 2.24) is 20.1 Å². The Morgan fingerprint density at radius 2 is 1.64 bits per heavy atom. The number of thiazole rings is 1. The van der Waals surface area contributed by atoms with Crippen LogP contribution in [0, 0.1) is 5.92 Å². The fourth-order valence-electron chi connectivity index (χ4n) is 6.49. The van der Waals surface area contributed by atoms with Gasteiger partial charge in [-0.3, -0.25) is 19.3 Å². The molecule has 1 aliphatic heterocycles. The van der Waals surface area contributed by atoms with E-state index in [0.717, 1.165) is 38.5 Å². The summed E-state index contributed by atoms with van der Waals surface area (Å²) >= 11 is 1.34. The minimum atomic E-state index is -1.03. The fourth-order valence-corrected chi connectivity index (χ4v) is 7.44. The molecule has 16 heteroatoms. The molecule has 55 heavy (non-hydrogen) atoms. The number of carboxylic acids is 1. The maximum atomic E-state index is 14.4. The topological polar surface area (TPSA) is 183 Å². The molecule has 1 saturated heterocycles. The second-order valence-corrected chi connectivity index (χ2v) is 15.7. The van der Waals surface area contributed by atoms with Crippen LogP contribution in [0.2, 0.25) is 0 Å². The van der Waals surface area contributed by atoms with Crippen molar-refractivity contribution in [2.45, 2.75) is 96.4 Å². The Kier molecular flexibility index (Phi) is 16.9. The van der Waals surface area contributed by atoms with Gasteiger partial charge in [0.05, 0.1) is 39.1 Å². The summed E-state index contributed by atoms with van der Waals surface area (Å²) in [5.74, 6) is -1.40. The molecule has 2 N–H and O–H groups in total. The van der Waals surface area contributed by atoms with Gasteiger partial charge < -0.3 is 39.0 Å². The van der Waals surface area contributed by atoms with E-state index in [4.69, 9.17) is 33.8 Å². The highest BCUT2D eigenvalue weighted by Crippen LogP contribution is 2.37. The van der Waals surface area contributed by atoms with E-state index in [1.807, 2.05) is 0 Å². The molecule has 0 radical (unpaired) electrons. The third kappa shape index (κ3) is 13.5. The van der Waals surface area contributed by atoms with Crippen molar-refractivity contribution < 1.29 is 52.8 Å². The van der Waals surface area contributed by atoms with Crippen LogP contribution >= 0.6 is 11.3 Å². The lowest BCUT2D eigenvalue weighted by atomic mass is 9.83. The molecule has 1 aromatic heterocycles. The zero-order valence-corrected chi connectivity index (χ0v) is 33.4. The molecule has 2 fully saturated rings. The number of likely N-dealkylation sites (N-methyl/N-ethyl adjacent to an activating group) is 1. The number of ketones is 1. The number of rotatable bonds is 20. The van der Waals surface area contributed by atoms with Gasteiger partial charge in [0.2, 0.25) is 17.6 Å². The zero-order valence-electron chi connectivity index (χ0n) is 32.6. The average Bonchev–Trinajstić information content (AvgIpc) is 3.85. The summed E-state index contributed by atoms with van der Waals surface area (Å²) in [4.78, 5) is 72.4. The Morgan fingerprint density at radius 1 is 0.964 bits per heavy atom. The molecule has 2 aliphatic rings. The molecule has 0 spiro atoms. The van der Waals surface area contributed by atoms with Crippen molar-refractivity contribution in [3.05, 3.63) is 45.9 Å². The van der Waals surface area contributed by atoms with Crippen LogP contribution in [0.1, 0.15) is 99.7 Å². The van der Waals surface area contributed by atoms with Gasteiger partial charge in [0.15, 0.2) is 0 Å². The van der Waals surface area contributed by atoms with Crippen molar-refractivity contribution in [2.75, 3.05) is 59.8 Å². The number of carbonyl (C=O) groups excluding carboxylic acids is 4. The average molecular weight is 789 g/mol. The molecule has 3 atom stereocenters. The Labute approximate surface area is 327 Å². The highest BCUT2D eigenvalue weighted by atomic mass is 32.1. The number of nitrogens with zero attached hydrogens (tertiary/aromatic N) is 3. The molecule has 1 saturated carbocycles. The maximum absolute atomic E-state index is 14.4. The minimum absolute atomic E-state index is 0.0300. The van der Waals surface area contributed by atoms with Crippen LogP contribution in [0.25, 0.3) is 0 Å². The van der Waals surface area contributed by atoms with Crippen molar-refractivity contribution in [3.8, 4) is 5.75 Å². The normalized spacial score (nSPS) is 17.3. The standard InChI is InChI=1S/C39H56N4O11S/c1-26(42(5)38(49)54-39(2,3)4)35(47)41-33(27-11-7-6-8-12-27)37(48)43-16-10-15-31(43)36-40-30(25-55-36)34(46)28-13-9-14-29(23-28)53-22-21-51-18-17-50-19-20-52-24-32(44)45/h9,13-14,23,25-27,31,33H,6-8,10-12,15-22,24H2,1-5H3,(H,41,47)(H,44,45)/t26-,31-,33-/m0/s1. The van der Waals surface area contributed by atoms with Crippen LogP contribution in [0.4, 0.5) is 4.79 Å². The summed E-state index contributed by atoms with van der Waals surface area (Å²) in [7, 11) is 1.52. The fraction of sp³-hybridized carbons (Fsp3) is 0.641. The number of hydrogen-bond donors (Lipinski definition) is 2. The van der Waals surface area contributed by atoms with Crippen molar-refractivity contribution >= 4 is 41.0 Å². The van der Waals surface area contributed by atoms with Gasteiger partial charge in [-0.2, -0.15) is 0 Å². The van der Waals surface area contributed by atoms with E-state index in [9.17, 15) is 24.0 Å². The summed E-state index contributed by atoms with van der Waals surface area (Å²) in [5.41, 5.74) is -0.0198. The number of aliphatic carboxylic acids is 1. The van der Waals surface area contributed by atoms with E-state index >= 15 is 0 Å². The summed E-state index contributed by atoms with van der Waals surface area (Å²) < 4.78 is 27.0. The minimum Gasteiger partial charge on any atom is -0.491 e. The maximum Gasteiger partial charge on any atom is 0.410 e. The van der Waals surface area contributed by atoms with E-state index in [1.54, 1.807) is 62.2 Å². The lowest BCUT2D eigenvalue weighted by Gasteiger charge is -2.36. The second kappa shape index (κ2) is 21.3. The molecule has 4 rings (SSSR count). The third-order valence-electron chi connectivity index (χ3n) is 9.46. The number of amides is 3. The van der Waals surface area contributed by atoms with Gasteiger partial charge in [0.1, 0.15) is 47.3 Å². The highest BCUT2D eigenvalue weighted by molar-refractivity contribution is 7.10. The quantitative estimate of drug-likeness (QED) is 0.137. The number of carbonyl (C=O) groups is 5. The van der Waals surface area contributed by atoms with Gasteiger partial charge in [-0.25, -0.2) is 14.6 Å². The number of hydrogen-bond acceptors (Lipinski definition) is 12. The molecule has 0 bridgehead atoms. The first-order chi connectivity index (χ1) is 26.2. The number of nitrogens with one attached hydrogen (secondary N) is 1. The van der Waals surface area contributed by atoms with Gasteiger partial charge in [0.25, 0.3) is 0 Å². The Balaban J connectivity index is 1.33. The van der Waals surface area contributed by atoms with Gasteiger partial charge in [0, 0.05) is 24.5 Å². The third-order valence-corrected chi connectivity index (χ3v) is 10.4. The lowest BCUT2D eigenvalue weighted by Crippen LogP contribution is -2.56. The van der Waals surface area contributed by atoms with E-state index in [1.165, 1.54) is 23.3 Å². The SMILES string of the molecule is C[C@@H](C(=O)N[C@H](C(=O)N1CCC[C@H]1c1nc(C(=O)c2cccc(OCCOCCOCCOCC(=O)O)c2)cs1)C1CCCCC1)N(C)C(=O)OC(C)(C)C. The van der Waals surface area contributed by atoms with E-state index in [-0.39, 0.29) is 55.8 Å². The molecule has 2 aromatic rings. The molecule has 1 aromatic carbocycles. The Morgan fingerprint density at radius 3 is 2.31 bits per heavy atom. The summed E-state index contributed by atoms with van der Waals surface area (Å²) in [6, 6.07) is 4.92. The number of aromatic nitrogens is 1. The van der Waals surface area contributed by atoms with E-state index < -0.39 is 35.7 Å².